The van der Waals surface area contributed by atoms with E-state index in [1.807, 2.05) is 13.0 Å². The number of carbonyl (C=O) groups excluding carboxylic acids is 3. The van der Waals surface area contributed by atoms with E-state index in [1.165, 1.54) is 30.3 Å². The molecule has 3 aromatic rings. The van der Waals surface area contributed by atoms with Crippen molar-refractivity contribution in [3.05, 3.63) is 99.7 Å². The van der Waals surface area contributed by atoms with Crippen LogP contribution in [0.4, 0.5) is 30.2 Å². The van der Waals surface area contributed by atoms with Gasteiger partial charge in [-0.15, -0.1) is 0 Å². The van der Waals surface area contributed by atoms with Crippen molar-refractivity contribution in [1.82, 2.24) is 0 Å². The average molecular weight is 514 g/mol. The largest absolute Gasteiger partial charge is 0.416 e. The van der Waals surface area contributed by atoms with E-state index in [0.717, 1.165) is 28.2 Å². The van der Waals surface area contributed by atoms with Crippen LogP contribution in [0.5, 0.6) is 0 Å². The molecule has 36 heavy (non-hydrogen) atoms. The van der Waals surface area contributed by atoms with Crippen molar-refractivity contribution >= 4 is 46.4 Å². The molecule has 0 aromatic heterocycles. The molecule has 4 rings (SSSR count). The highest BCUT2D eigenvalue weighted by Gasteiger charge is 2.39. The van der Waals surface area contributed by atoms with Crippen LogP contribution in [0.15, 0.2) is 77.5 Å². The Morgan fingerprint density at radius 2 is 1.58 bits per heavy atom. The third-order valence-corrected chi connectivity index (χ3v) is 5.81. The second kappa shape index (κ2) is 9.50. The van der Waals surface area contributed by atoms with Crippen molar-refractivity contribution < 1.29 is 27.6 Å². The molecular formula is C26H19ClF3N3O3. The first-order valence-corrected chi connectivity index (χ1v) is 11.0. The van der Waals surface area contributed by atoms with E-state index in [9.17, 15) is 27.6 Å². The fourth-order valence-electron chi connectivity index (χ4n) is 3.75. The predicted octanol–water partition coefficient (Wildman–Crippen LogP) is 6.01. The lowest BCUT2D eigenvalue weighted by Gasteiger charge is -2.18. The number of halogens is 4. The molecule has 0 spiro atoms. The minimum absolute atomic E-state index is 0.0281. The maximum absolute atomic E-state index is 13.1. The summed E-state index contributed by atoms with van der Waals surface area (Å²) < 4.78 is 38.9. The number of amides is 3. The molecule has 1 aliphatic rings. The van der Waals surface area contributed by atoms with Gasteiger partial charge in [0.05, 0.1) is 11.3 Å². The van der Waals surface area contributed by atoms with E-state index in [1.54, 1.807) is 25.1 Å². The first kappa shape index (κ1) is 25.0. The van der Waals surface area contributed by atoms with Gasteiger partial charge in [0.25, 0.3) is 17.7 Å². The van der Waals surface area contributed by atoms with E-state index in [-0.39, 0.29) is 27.7 Å². The number of nitrogens with one attached hydrogen (secondary N) is 2. The molecule has 1 heterocycles. The standard InChI is InChI=1S/C26H19ClF3N3O3/c1-14-9-10-20(15(2)11-14)33-24(35)21(27)22(25(33)36)31-18-7-3-5-16(12-18)23(34)32-19-8-4-6-17(13-19)26(28,29)30/h3-13,31H,1-2H3,(H,32,34). The summed E-state index contributed by atoms with van der Waals surface area (Å²) in [6, 6.07) is 15.4. The number of rotatable bonds is 5. The summed E-state index contributed by atoms with van der Waals surface area (Å²) in [6.07, 6.45) is -4.55. The van der Waals surface area contributed by atoms with E-state index >= 15 is 0 Å². The Kier molecular flexibility index (Phi) is 6.60. The van der Waals surface area contributed by atoms with Crippen LogP contribution >= 0.6 is 11.6 Å². The van der Waals surface area contributed by atoms with Gasteiger partial charge in [0.2, 0.25) is 0 Å². The fraction of sp³-hybridized carbons (Fsp3) is 0.115. The molecule has 0 bridgehead atoms. The number of nitrogens with zero attached hydrogens (tertiary/aromatic N) is 1. The van der Waals surface area contributed by atoms with Crippen molar-refractivity contribution in [2.45, 2.75) is 20.0 Å². The predicted molar refractivity (Wildman–Crippen MR) is 131 cm³/mol. The molecule has 3 aromatic carbocycles. The number of benzene rings is 3. The summed E-state index contributed by atoms with van der Waals surface area (Å²) in [5.74, 6) is -2.01. The average Bonchev–Trinajstić information content (AvgIpc) is 3.02. The van der Waals surface area contributed by atoms with E-state index in [2.05, 4.69) is 10.6 Å². The van der Waals surface area contributed by atoms with Crippen LogP contribution in [0.25, 0.3) is 0 Å². The second-order valence-corrected chi connectivity index (χ2v) is 8.54. The highest BCUT2D eigenvalue weighted by molar-refractivity contribution is 6.53. The first-order valence-electron chi connectivity index (χ1n) is 10.7. The molecule has 6 nitrogen and oxygen atoms in total. The van der Waals surface area contributed by atoms with Gasteiger partial charge in [-0.05, 0) is 61.9 Å². The Hall–Kier alpha value is -4.11. The quantitative estimate of drug-likeness (QED) is 0.410. The molecule has 10 heteroatoms. The molecule has 0 saturated carbocycles. The fourth-order valence-corrected chi connectivity index (χ4v) is 3.96. The van der Waals surface area contributed by atoms with E-state index in [4.69, 9.17) is 11.6 Å². The Balaban J connectivity index is 1.54. The molecule has 0 saturated heterocycles. The third kappa shape index (κ3) is 4.96. The lowest BCUT2D eigenvalue weighted by molar-refractivity contribution is -0.137. The maximum atomic E-state index is 13.1. The van der Waals surface area contributed by atoms with Gasteiger partial charge in [-0.3, -0.25) is 14.4 Å². The Morgan fingerprint density at radius 3 is 2.28 bits per heavy atom. The van der Waals surface area contributed by atoms with Gasteiger partial charge in [0.1, 0.15) is 10.7 Å². The molecule has 184 valence electrons. The van der Waals surface area contributed by atoms with E-state index in [0.29, 0.717) is 5.69 Å². The van der Waals surface area contributed by atoms with Crippen molar-refractivity contribution in [2.75, 3.05) is 15.5 Å². The van der Waals surface area contributed by atoms with Gasteiger partial charge < -0.3 is 10.6 Å². The zero-order valence-corrected chi connectivity index (χ0v) is 19.8. The summed E-state index contributed by atoms with van der Waals surface area (Å²) >= 11 is 6.20. The van der Waals surface area contributed by atoms with Gasteiger partial charge >= 0.3 is 6.18 Å². The number of anilines is 3. The molecule has 0 unspecified atom stereocenters. The topological polar surface area (TPSA) is 78.5 Å². The SMILES string of the molecule is Cc1ccc(N2C(=O)C(Cl)=C(Nc3cccc(C(=O)Nc4cccc(C(F)(F)F)c4)c3)C2=O)c(C)c1. The van der Waals surface area contributed by atoms with Crippen molar-refractivity contribution in [2.24, 2.45) is 0 Å². The smallest absolute Gasteiger partial charge is 0.350 e. The van der Waals surface area contributed by atoms with Crippen LogP contribution in [0.2, 0.25) is 0 Å². The summed E-state index contributed by atoms with van der Waals surface area (Å²) in [4.78, 5) is 39.5. The van der Waals surface area contributed by atoms with Crippen molar-refractivity contribution in [1.29, 1.82) is 0 Å². The number of hydrogen-bond donors (Lipinski definition) is 2. The highest BCUT2D eigenvalue weighted by Crippen LogP contribution is 2.33. The Labute approximate surface area is 209 Å². The van der Waals surface area contributed by atoms with Gasteiger partial charge in [-0.2, -0.15) is 13.2 Å². The minimum atomic E-state index is -4.55. The maximum Gasteiger partial charge on any atom is 0.416 e. The molecule has 1 aliphatic heterocycles. The third-order valence-electron chi connectivity index (χ3n) is 5.46. The van der Waals surface area contributed by atoms with Crippen molar-refractivity contribution in [3.63, 3.8) is 0 Å². The number of imide groups is 1. The molecular weight excluding hydrogens is 495 g/mol. The van der Waals surface area contributed by atoms with Crippen LogP contribution in [0.1, 0.15) is 27.0 Å². The molecule has 0 atom stereocenters. The van der Waals surface area contributed by atoms with Gasteiger partial charge in [-0.25, -0.2) is 4.90 Å². The number of carbonyl (C=O) groups is 3. The molecule has 0 fully saturated rings. The second-order valence-electron chi connectivity index (χ2n) is 8.16. The minimum Gasteiger partial charge on any atom is -0.350 e. The zero-order valence-electron chi connectivity index (χ0n) is 19.0. The highest BCUT2D eigenvalue weighted by atomic mass is 35.5. The molecule has 2 N–H and O–H groups in total. The molecule has 3 amide bonds. The summed E-state index contributed by atoms with van der Waals surface area (Å²) in [6.45, 7) is 3.66. The van der Waals surface area contributed by atoms with Gasteiger partial charge in [-0.1, -0.05) is 41.4 Å². The number of alkyl halides is 3. The lowest BCUT2D eigenvalue weighted by Crippen LogP contribution is -2.32. The monoisotopic (exact) mass is 513 g/mol. The number of hydrogen-bond acceptors (Lipinski definition) is 4. The summed E-state index contributed by atoms with van der Waals surface area (Å²) in [7, 11) is 0. The van der Waals surface area contributed by atoms with Crippen LogP contribution in [-0.2, 0) is 15.8 Å². The van der Waals surface area contributed by atoms with Gasteiger partial charge in [0, 0.05) is 16.9 Å². The Morgan fingerprint density at radius 1 is 0.889 bits per heavy atom. The van der Waals surface area contributed by atoms with Crippen LogP contribution < -0.4 is 15.5 Å². The van der Waals surface area contributed by atoms with Crippen LogP contribution in [0.3, 0.4) is 0 Å². The zero-order chi connectivity index (χ0) is 26.2. The summed E-state index contributed by atoms with van der Waals surface area (Å²) in [5.41, 5.74) is 1.40. The lowest BCUT2D eigenvalue weighted by atomic mass is 10.1. The molecule has 0 radical (unpaired) electrons. The van der Waals surface area contributed by atoms with Crippen molar-refractivity contribution in [3.8, 4) is 0 Å². The normalized spacial score (nSPS) is 13.9. The number of aryl methyl sites for hydroxylation is 2. The summed E-state index contributed by atoms with van der Waals surface area (Å²) in [5, 5.41) is 4.91. The first-order chi connectivity index (χ1) is 17.0. The van der Waals surface area contributed by atoms with Crippen LogP contribution in [0, 0.1) is 13.8 Å². The molecule has 0 aliphatic carbocycles. The van der Waals surface area contributed by atoms with Gasteiger partial charge in [0.15, 0.2) is 0 Å². The van der Waals surface area contributed by atoms with Crippen LogP contribution in [-0.4, -0.2) is 17.7 Å². The van der Waals surface area contributed by atoms with E-state index < -0.39 is 29.5 Å². The Bertz CT molecular complexity index is 1430.